The van der Waals surface area contributed by atoms with E-state index < -0.39 is 0 Å². The normalized spacial score (nSPS) is 10.6. The molecule has 5 nitrogen and oxygen atoms in total. The predicted octanol–water partition coefficient (Wildman–Crippen LogP) is 5.99. The number of ether oxygens (including phenoxy) is 1. The minimum Gasteiger partial charge on any atom is -0.497 e. The Morgan fingerprint density at radius 2 is 1.83 bits per heavy atom. The van der Waals surface area contributed by atoms with Crippen LogP contribution in [0.2, 0.25) is 0 Å². The highest BCUT2D eigenvalue weighted by Crippen LogP contribution is 2.31. The number of carbonyl (C=O) groups excluding carboxylic acids is 1. The summed E-state index contributed by atoms with van der Waals surface area (Å²) in [5.41, 5.74) is 2.75. The summed E-state index contributed by atoms with van der Waals surface area (Å²) in [5.74, 6) is 1.51. The number of anilines is 1. The Kier molecular flexibility index (Phi) is 5.86. The number of hydrogen-bond acceptors (Lipinski definition) is 5. The van der Waals surface area contributed by atoms with Crippen LogP contribution < -0.4 is 10.1 Å². The van der Waals surface area contributed by atoms with E-state index in [1.807, 2.05) is 73.0 Å². The van der Waals surface area contributed by atoms with Crippen molar-refractivity contribution in [3.05, 3.63) is 84.6 Å². The van der Waals surface area contributed by atoms with Crippen molar-refractivity contribution in [1.82, 2.24) is 4.98 Å². The van der Waals surface area contributed by atoms with Crippen LogP contribution in [-0.4, -0.2) is 24.3 Å². The Labute approximate surface area is 179 Å². The van der Waals surface area contributed by atoms with Crippen LogP contribution in [0.1, 0.15) is 10.4 Å². The number of methoxy groups -OCH3 is 1. The van der Waals surface area contributed by atoms with Gasteiger partial charge in [0.25, 0.3) is 5.91 Å². The molecule has 0 unspecified atom stereocenters. The molecule has 6 heteroatoms. The third kappa shape index (κ3) is 4.09. The van der Waals surface area contributed by atoms with Crippen LogP contribution in [0.3, 0.4) is 0 Å². The van der Waals surface area contributed by atoms with Gasteiger partial charge in [-0.2, -0.15) is 0 Å². The molecule has 0 atom stereocenters. The second-order valence-corrected chi connectivity index (χ2v) is 7.31. The number of aromatic nitrogens is 1. The van der Waals surface area contributed by atoms with Crippen molar-refractivity contribution in [3.63, 3.8) is 0 Å². The average Bonchev–Trinajstić information content (AvgIpc) is 3.30. The van der Waals surface area contributed by atoms with E-state index in [-0.39, 0.29) is 5.91 Å². The molecule has 0 bridgehead atoms. The largest absolute Gasteiger partial charge is 0.497 e. The Morgan fingerprint density at radius 3 is 2.67 bits per heavy atom. The van der Waals surface area contributed by atoms with E-state index in [0.29, 0.717) is 22.8 Å². The van der Waals surface area contributed by atoms with Gasteiger partial charge < -0.3 is 14.5 Å². The number of amides is 1. The van der Waals surface area contributed by atoms with Gasteiger partial charge in [-0.05, 0) is 42.7 Å². The highest BCUT2D eigenvalue weighted by Gasteiger charge is 2.18. The number of thioether (sulfide) groups is 1. The monoisotopic (exact) mass is 416 g/mol. The first-order chi connectivity index (χ1) is 14.7. The van der Waals surface area contributed by atoms with E-state index in [2.05, 4.69) is 10.3 Å². The molecule has 1 aromatic heterocycles. The topological polar surface area (TPSA) is 64.4 Å². The minimum atomic E-state index is -0.215. The van der Waals surface area contributed by atoms with Crippen LogP contribution in [0.25, 0.3) is 22.8 Å². The van der Waals surface area contributed by atoms with Gasteiger partial charge in [0.1, 0.15) is 5.75 Å². The molecule has 0 spiro atoms. The molecule has 1 amide bonds. The number of carbonyl (C=O) groups is 1. The summed E-state index contributed by atoms with van der Waals surface area (Å²) in [6, 6.07) is 22.5. The van der Waals surface area contributed by atoms with Crippen molar-refractivity contribution >= 4 is 23.4 Å². The number of nitrogens with one attached hydrogen (secondary N) is 1. The summed E-state index contributed by atoms with van der Waals surface area (Å²) in [5, 5.41) is 3.00. The highest BCUT2D eigenvalue weighted by atomic mass is 32.2. The Morgan fingerprint density at radius 1 is 1.03 bits per heavy atom. The molecular weight excluding hydrogens is 396 g/mol. The van der Waals surface area contributed by atoms with Gasteiger partial charge in [0, 0.05) is 16.0 Å². The Balaban J connectivity index is 1.65. The van der Waals surface area contributed by atoms with E-state index in [1.165, 1.54) is 0 Å². The van der Waals surface area contributed by atoms with Crippen molar-refractivity contribution < 1.29 is 13.9 Å². The van der Waals surface area contributed by atoms with Gasteiger partial charge in [-0.25, -0.2) is 4.98 Å². The molecular formula is C24H20N2O3S. The molecule has 0 radical (unpaired) electrons. The lowest BCUT2D eigenvalue weighted by Crippen LogP contribution is -2.13. The molecule has 0 aliphatic rings. The molecule has 4 aromatic rings. The zero-order chi connectivity index (χ0) is 20.9. The lowest BCUT2D eigenvalue weighted by molar-refractivity contribution is 0.102. The van der Waals surface area contributed by atoms with Gasteiger partial charge in [-0.3, -0.25) is 4.79 Å². The first kappa shape index (κ1) is 19.8. The van der Waals surface area contributed by atoms with Crippen LogP contribution in [0, 0.1) is 0 Å². The Bertz CT molecular complexity index is 1190. The van der Waals surface area contributed by atoms with Crippen LogP contribution in [-0.2, 0) is 0 Å². The second kappa shape index (κ2) is 8.88. The fourth-order valence-corrected chi connectivity index (χ4v) is 3.67. The SMILES string of the molecule is COc1cccc(-c2cnc(-c3ccccc3C(=O)Nc3ccccc3SC)o2)c1. The van der Waals surface area contributed by atoms with Crippen molar-refractivity contribution in [2.75, 3.05) is 18.7 Å². The first-order valence-corrected chi connectivity index (χ1v) is 10.6. The summed E-state index contributed by atoms with van der Waals surface area (Å²) in [6.45, 7) is 0. The molecule has 0 saturated carbocycles. The van der Waals surface area contributed by atoms with Gasteiger partial charge in [-0.1, -0.05) is 36.4 Å². The zero-order valence-corrected chi connectivity index (χ0v) is 17.4. The number of para-hydroxylation sites is 1. The number of rotatable bonds is 6. The molecule has 150 valence electrons. The fourth-order valence-electron chi connectivity index (χ4n) is 3.11. The smallest absolute Gasteiger partial charge is 0.256 e. The molecule has 1 heterocycles. The van der Waals surface area contributed by atoms with E-state index in [9.17, 15) is 4.79 Å². The van der Waals surface area contributed by atoms with Gasteiger partial charge in [0.2, 0.25) is 5.89 Å². The number of oxazole rings is 1. The molecule has 0 aliphatic carbocycles. The number of benzene rings is 3. The maximum Gasteiger partial charge on any atom is 0.256 e. The standard InChI is InChI=1S/C24H20N2O3S/c1-28-17-9-7-8-16(14-17)21-15-25-24(29-21)19-11-4-3-10-18(19)23(27)26-20-12-5-6-13-22(20)30-2/h3-15H,1-2H3,(H,26,27). The van der Waals surface area contributed by atoms with Crippen molar-refractivity contribution in [2.45, 2.75) is 4.90 Å². The second-order valence-electron chi connectivity index (χ2n) is 6.46. The van der Waals surface area contributed by atoms with Crippen molar-refractivity contribution in [2.24, 2.45) is 0 Å². The number of nitrogens with zero attached hydrogens (tertiary/aromatic N) is 1. The Hall–Kier alpha value is -3.51. The summed E-state index contributed by atoms with van der Waals surface area (Å²) in [7, 11) is 1.62. The van der Waals surface area contributed by atoms with E-state index in [1.54, 1.807) is 31.1 Å². The van der Waals surface area contributed by atoms with Crippen molar-refractivity contribution in [3.8, 4) is 28.5 Å². The van der Waals surface area contributed by atoms with Gasteiger partial charge >= 0.3 is 0 Å². The molecule has 0 fully saturated rings. The molecule has 0 saturated heterocycles. The molecule has 0 aliphatic heterocycles. The molecule has 30 heavy (non-hydrogen) atoms. The summed E-state index contributed by atoms with van der Waals surface area (Å²) in [4.78, 5) is 18.4. The molecule has 1 N–H and O–H groups in total. The maximum atomic E-state index is 13.0. The lowest BCUT2D eigenvalue weighted by Gasteiger charge is -2.11. The van der Waals surface area contributed by atoms with Crippen LogP contribution in [0.5, 0.6) is 5.75 Å². The number of hydrogen-bond donors (Lipinski definition) is 1. The van der Waals surface area contributed by atoms with Crippen LogP contribution in [0.15, 0.2) is 88.3 Å². The van der Waals surface area contributed by atoms with E-state index in [0.717, 1.165) is 21.9 Å². The van der Waals surface area contributed by atoms with Crippen LogP contribution >= 0.6 is 11.8 Å². The van der Waals surface area contributed by atoms with Crippen molar-refractivity contribution in [1.29, 1.82) is 0 Å². The van der Waals surface area contributed by atoms with E-state index >= 15 is 0 Å². The maximum absolute atomic E-state index is 13.0. The zero-order valence-electron chi connectivity index (χ0n) is 16.6. The summed E-state index contributed by atoms with van der Waals surface area (Å²) >= 11 is 1.58. The van der Waals surface area contributed by atoms with Crippen LogP contribution in [0.4, 0.5) is 5.69 Å². The predicted molar refractivity (Wildman–Crippen MR) is 120 cm³/mol. The van der Waals surface area contributed by atoms with E-state index in [4.69, 9.17) is 9.15 Å². The third-order valence-corrected chi connectivity index (χ3v) is 5.41. The lowest BCUT2D eigenvalue weighted by atomic mass is 10.1. The fraction of sp³-hybridized carbons (Fsp3) is 0.0833. The highest BCUT2D eigenvalue weighted by molar-refractivity contribution is 7.98. The third-order valence-electron chi connectivity index (χ3n) is 4.62. The van der Waals surface area contributed by atoms with Gasteiger partial charge in [0.15, 0.2) is 5.76 Å². The quantitative estimate of drug-likeness (QED) is 0.391. The first-order valence-electron chi connectivity index (χ1n) is 9.33. The summed E-state index contributed by atoms with van der Waals surface area (Å²) < 4.78 is 11.3. The minimum absolute atomic E-state index is 0.215. The molecule has 4 rings (SSSR count). The summed E-state index contributed by atoms with van der Waals surface area (Å²) in [6.07, 6.45) is 3.63. The van der Waals surface area contributed by atoms with Gasteiger partial charge in [0.05, 0.1) is 24.6 Å². The average molecular weight is 417 g/mol. The molecule has 3 aromatic carbocycles. The van der Waals surface area contributed by atoms with Gasteiger partial charge in [-0.15, -0.1) is 11.8 Å².